The number of aryl methyl sites for hydroxylation is 1. The van der Waals surface area contributed by atoms with E-state index in [9.17, 15) is 8.78 Å². The number of allylic oxidation sites excluding steroid dienone is 4. The Kier molecular flexibility index (Phi) is 3.95. The molecule has 1 aliphatic carbocycles. The van der Waals surface area contributed by atoms with Gasteiger partial charge in [0.1, 0.15) is 0 Å². The summed E-state index contributed by atoms with van der Waals surface area (Å²) < 4.78 is 27.4. The molecule has 0 fully saturated rings. The quantitative estimate of drug-likeness (QED) is 0.644. The van der Waals surface area contributed by atoms with E-state index in [2.05, 4.69) is 12.2 Å². The van der Waals surface area contributed by atoms with Crippen LogP contribution < -0.4 is 0 Å². The minimum absolute atomic E-state index is 0.361. The average molecular weight is 248 g/mol. The number of hydrogen-bond acceptors (Lipinski definition) is 0. The molecule has 18 heavy (non-hydrogen) atoms. The van der Waals surface area contributed by atoms with Gasteiger partial charge in [0.05, 0.1) is 0 Å². The summed E-state index contributed by atoms with van der Waals surface area (Å²) in [4.78, 5) is 0. The van der Waals surface area contributed by atoms with Crippen LogP contribution in [0.15, 0.2) is 30.4 Å². The maximum Gasteiger partial charge on any atom is 0.166 e. The van der Waals surface area contributed by atoms with E-state index in [1.807, 2.05) is 13.0 Å². The highest BCUT2D eigenvalue weighted by Crippen LogP contribution is 2.33. The molecule has 1 aliphatic rings. The number of hydrogen-bond donors (Lipinski definition) is 0. The summed E-state index contributed by atoms with van der Waals surface area (Å²) in [5, 5.41) is 0. The molecule has 0 bridgehead atoms. The highest BCUT2D eigenvalue weighted by molar-refractivity contribution is 5.67. The molecule has 0 saturated carbocycles. The van der Waals surface area contributed by atoms with Crippen molar-refractivity contribution >= 4 is 5.57 Å². The van der Waals surface area contributed by atoms with E-state index in [1.54, 1.807) is 19.1 Å². The highest BCUT2D eigenvalue weighted by Gasteiger charge is 2.18. The summed E-state index contributed by atoms with van der Waals surface area (Å²) in [6.07, 6.45) is 9.00. The zero-order chi connectivity index (χ0) is 13.1. The van der Waals surface area contributed by atoms with E-state index in [1.165, 1.54) is 0 Å². The minimum Gasteiger partial charge on any atom is -0.203 e. The van der Waals surface area contributed by atoms with Crippen molar-refractivity contribution < 1.29 is 8.78 Å². The van der Waals surface area contributed by atoms with Gasteiger partial charge in [-0.25, -0.2) is 8.78 Å². The largest absolute Gasteiger partial charge is 0.203 e. The molecule has 1 atom stereocenters. The van der Waals surface area contributed by atoms with Crippen molar-refractivity contribution in [3.05, 3.63) is 53.1 Å². The van der Waals surface area contributed by atoms with Crippen molar-refractivity contribution in [3.8, 4) is 0 Å². The molecule has 0 heterocycles. The summed E-state index contributed by atoms with van der Waals surface area (Å²) in [5.41, 5.74) is 1.73. The summed E-state index contributed by atoms with van der Waals surface area (Å²) in [6, 6.07) is 3.34. The summed E-state index contributed by atoms with van der Waals surface area (Å²) in [7, 11) is 0. The van der Waals surface area contributed by atoms with Crippen LogP contribution in [0.1, 0.15) is 37.3 Å². The molecule has 96 valence electrons. The first-order chi connectivity index (χ1) is 8.63. The van der Waals surface area contributed by atoms with Crippen molar-refractivity contribution in [2.45, 2.75) is 33.1 Å². The molecule has 0 saturated heterocycles. The van der Waals surface area contributed by atoms with Gasteiger partial charge < -0.3 is 0 Å². The van der Waals surface area contributed by atoms with Crippen LogP contribution in [0.3, 0.4) is 0 Å². The maximum absolute atomic E-state index is 13.9. The third-order valence-corrected chi connectivity index (χ3v) is 3.54. The Labute approximate surface area is 107 Å². The molecule has 1 aromatic carbocycles. The van der Waals surface area contributed by atoms with Gasteiger partial charge in [-0.2, -0.15) is 0 Å². The van der Waals surface area contributed by atoms with E-state index in [-0.39, 0.29) is 0 Å². The zero-order valence-corrected chi connectivity index (χ0v) is 10.8. The molecule has 1 aromatic rings. The molecule has 0 N–H and O–H groups in total. The molecular formula is C16H18F2. The zero-order valence-electron chi connectivity index (χ0n) is 10.8. The molecule has 2 heteroatoms. The van der Waals surface area contributed by atoms with Crippen LogP contribution in [0.25, 0.3) is 5.57 Å². The van der Waals surface area contributed by atoms with Gasteiger partial charge in [0.2, 0.25) is 0 Å². The second kappa shape index (κ2) is 5.47. The Balaban J connectivity index is 2.26. The topological polar surface area (TPSA) is 0 Å². The Morgan fingerprint density at radius 1 is 1.22 bits per heavy atom. The minimum atomic E-state index is -0.719. The lowest BCUT2D eigenvalue weighted by Crippen LogP contribution is -2.05. The third-order valence-electron chi connectivity index (χ3n) is 3.54. The SMILES string of the molecule is C/C=C/C1CC=C(c2ccc(C)c(F)c2F)CC1. The van der Waals surface area contributed by atoms with Gasteiger partial charge in [0, 0.05) is 5.56 Å². The molecule has 0 aromatic heterocycles. The Morgan fingerprint density at radius 3 is 2.61 bits per heavy atom. The number of rotatable bonds is 2. The Bertz CT molecular complexity index is 498. The fourth-order valence-electron chi connectivity index (χ4n) is 2.44. The third kappa shape index (κ3) is 2.53. The van der Waals surface area contributed by atoms with Crippen LogP contribution in [-0.4, -0.2) is 0 Å². The van der Waals surface area contributed by atoms with Crippen molar-refractivity contribution in [1.82, 2.24) is 0 Å². The lowest BCUT2D eigenvalue weighted by Gasteiger charge is -2.20. The molecule has 0 radical (unpaired) electrons. The molecule has 0 nitrogen and oxygen atoms in total. The first-order valence-electron chi connectivity index (χ1n) is 6.40. The van der Waals surface area contributed by atoms with Gasteiger partial charge in [-0.3, -0.25) is 0 Å². The lowest BCUT2D eigenvalue weighted by atomic mass is 9.86. The van der Waals surface area contributed by atoms with E-state index in [4.69, 9.17) is 0 Å². The highest BCUT2D eigenvalue weighted by atomic mass is 19.2. The predicted molar refractivity (Wildman–Crippen MR) is 71.2 cm³/mol. The second-order valence-corrected chi connectivity index (χ2v) is 4.85. The molecule has 2 rings (SSSR count). The van der Waals surface area contributed by atoms with E-state index in [0.717, 1.165) is 24.8 Å². The van der Waals surface area contributed by atoms with Gasteiger partial charge in [-0.15, -0.1) is 0 Å². The van der Waals surface area contributed by atoms with Crippen LogP contribution in [0.5, 0.6) is 0 Å². The fraction of sp³-hybridized carbons (Fsp3) is 0.375. The monoisotopic (exact) mass is 248 g/mol. The molecule has 0 aliphatic heterocycles. The van der Waals surface area contributed by atoms with E-state index < -0.39 is 11.6 Å². The molecule has 0 spiro atoms. The van der Waals surface area contributed by atoms with Gasteiger partial charge in [-0.05, 0) is 50.2 Å². The Morgan fingerprint density at radius 2 is 2.00 bits per heavy atom. The van der Waals surface area contributed by atoms with Crippen LogP contribution in [0.2, 0.25) is 0 Å². The maximum atomic E-state index is 13.9. The van der Waals surface area contributed by atoms with Gasteiger partial charge >= 0.3 is 0 Å². The standard InChI is InChI=1S/C16H18F2/c1-3-4-12-6-8-13(9-7-12)14-10-5-11(2)15(17)16(14)18/h3-5,8,10,12H,6-7,9H2,1-2H3/b4-3+. The van der Waals surface area contributed by atoms with Gasteiger partial charge in [0.15, 0.2) is 11.6 Å². The average Bonchev–Trinajstić information content (AvgIpc) is 2.38. The van der Waals surface area contributed by atoms with Crippen LogP contribution in [0.4, 0.5) is 8.78 Å². The smallest absolute Gasteiger partial charge is 0.166 e. The first kappa shape index (κ1) is 13.0. The van der Waals surface area contributed by atoms with Crippen molar-refractivity contribution in [2.24, 2.45) is 5.92 Å². The van der Waals surface area contributed by atoms with Gasteiger partial charge in [0.25, 0.3) is 0 Å². The van der Waals surface area contributed by atoms with Crippen molar-refractivity contribution in [3.63, 3.8) is 0 Å². The van der Waals surface area contributed by atoms with Crippen LogP contribution in [-0.2, 0) is 0 Å². The van der Waals surface area contributed by atoms with Gasteiger partial charge in [-0.1, -0.05) is 30.4 Å². The molecule has 0 amide bonds. The van der Waals surface area contributed by atoms with Crippen LogP contribution >= 0.6 is 0 Å². The van der Waals surface area contributed by atoms with Crippen molar-refractivity contribution in [1.29, 1.82) is 0 Å². The summed E-state index contributed by atoms with van der Waals surface area (Å²) >= 11 is 0. The molecular weight excluding hydrogens is 230 g/mol. The molecule has 1 unspecified atom stereocenters. The predicted octanol–water partition coefficient (Wildman–Crippen LogP) is 5.03. The lowest BCUT2D eigenvalue weighted by molar-refractivity contribution is 0.499. The number of halogens is 2. The fourth-order valence-corrected chi connectivity index (χ4v) is 2.44. The Hall–Kier alpha value is -1.44. The van der Waals surface area contributed by atoms with Crippen molar-refractivity contribution in [2.75, 3.05) is 0 Å². The van der Waals surface area contributed by atoms with E-state index in [0.29, 0.717) is 17.0 Å². The van der Waals surface area contributed by atoms with Crippen LogP contribution in [0, 0.1) is 24.5 Å². The normalized spacial score (nSPS) is 20.2. The number of benzene rings is 1. The van der Waals surface area contributed by atoms with E-state index >= 15 is 0 Å². The summed E-state index contributed by atoms with van der Waals surface area (Å²) in [5.74, 6) is -0.883. The second-order valence-electron chi connectivity index (χ2n) is 4.85. The first-order valence-corrected chi connectivity index (χ1v) is 6.40. The summed E-state index contributed by atoms with van der Waals surface area (Å²) in [6.45, 7) is 3.59.